The number of hydrogen-bond donors (Lipinski definition) is 0. The second-order valence-electron chi connectivity index (χ2n) is 6.42. The minimum Gasteiger partial charge on any atom is -0.590 e. The lowest BCUT2D eigenvalue weighted by Crippen LogP contribution is -1.78. The van der Waals surface area contributed by atoms with E-state index in [9.17, 15) is 4.55 Å². The largest absolute Gasteiger partial charge is 0.590 e. The summed E-state index contributed by atoms with van der Waals surface area (Å²) in [5.41, 5.74) is 4.65. The molecule has 1 nitrogen and oxygen atoms in total. The van der Waals surface area contributed by atoms with Gasteiger partial charge in [-0.25, -0.2) is 0 Å². The predicted molar refractivity (Wildman–Crippen MR) is 111 cm³/mol. The van der Waals surface area contributed by atoms with Crippen molar-refractivity contribution in [3.05, 3.63) is 97.1 Å². The quantitative estimate of drug-likeness (QED) is 0.312. The molecule has 0 aliphatic carbocycles. The van der Waals surface area contributed by atoms with E-state index < -0.39 is 10.8 Å². The lowest BCUT2D eigenvalue weighted by Gasteiger charge is -2.02. The van der Waals surface area contributed by atoms with E-state index in [2.05, 4.69) is 48.5 Å². The fourth-order valence-corrected chi connectivity index (χ4v) is 4.90. The molecular weight excluding hydrogens is 336 g/mol. The Labute approximate surface area is 155 Å². The molecular formula is C24H16OS. The molecule has 4 aromatic carbocycles. The van der Waals surface area contributed by atoms with Crippen LogP contribution in [0.25, 0.3) is 42.4 Å². The number of rotatable bonds is 2. The summed E-state index contributed by atoms with van der Waals surface area (Å²) in [6.45, 7) is 0. The van der Waals surface area contributed by atoms with Crippen molar-refractivity contribution in [2.75, 3.05) is 0 Å². The molecule has 0 saturated carbocycles. The molecule has 124 valence electrons. The van der Waals surface area contributed by atoms with E-state index in [4.69, 9.17) is 0 Å². The minimum absolute atomic E-state index is 0.907. The van der Waals surface area contributed by atoms with Gasteiger partial charge in [-0.05, 0) is 69.4 Å². The summed E-state index contributed by atoms with van der Waals surface area (Å²) >= 11 is 0. The van der Waals surface area contributed by atoms with Crippen molar-refractivity contribution in [1.82, 2.24) is 0 Å². The number of thiophene rings is 1. The molecule has 26 heavy (non-hydrogen) atoms. The molecule has 5 aromatic rings. The lowest BCUT2D eigenvalue weighted by atomic mass is 10.0. The molecule has 0 aliphatic heterocycles. The molecule has 0 N–H and O–H groups in total. The number of hydrogen-bond acceptors (Lipinski definition) is 1. The third-order valence-electron chi connectivity index (χ3n) is 4.86. The van der Waals surface area contributed by atoms with Crippen molar-refractivity contribution in [3.63, 3.8) is 0 Å². The fourth-order valence-electron chi connectivity index (χ4n) is 3.54. The van der Waals surface area contributed by atoms with E-state index in [1.807, 2.05) is 48.5 Å². The maximum absolute atomic E-state index is 12.9. The van der Waals surface area contributed by atoms with E-state index in [0.717, 1.165) is 31.3 Å². The molecule has 0 aliphatic rings. The first-order valence-electron chi connectivity index (χ1n) is 8.62. The van der Waals surface area contributed by atoms with Crippen molar-refractivity contribution in [2.45, 2.75) is 0 Å². The van der Waals surface area contributed by atoms with Crippen LogP contribution in [0.4, 0.5) is 0 Å². The molecule has 0 spiro atoms. The van der Waals surface area contributed by atoms with E-state index in [1.54, 1.807) is 0 Å². The SMILES string of the molecule is [O-][s+]1c2ccc(-c3ccccc3)cc2c2cc(-c3ccccc3)ccc21. The van der Waals surface area contributed by atoms with Gasteiger partial charge >= 0.3 is 0 Å². The zero-order valence-electron chi connectivity index (χ0n) is 14.1. The fraction of sp³-hybridized carbons (Fsp3) is 0. The zero-order chi connectivity index (χ0) is 17.5. The van der Waals surface area contributed by atoms with Crippen molar-refractivity contribution in [2.24, 2.45) is 0 Å². The van der Waals surface area contributed by atoms with Crippen molar-refractivity contribution >= 4 is 30.9 Å². The maximum Gasteiger partial charge on any atom is 0.180 e. The van der Waals surface area contributed by atoms with E-state index in [1.165, 1.54) is 11.1 Å². The van der Waals surface area contributed by atoms with Gasteiger partial charge in [-0.15, -0.1) is 0 Å². The topological polar surface area (TPSA) is 23.1 Å². The van der Waals surface area contributed by atoms with E-state index >= 15 is 0 Å². The Morgan fingerprint density at radius 1 is 0.462 bits per heavy atom. The Balaban J connectivity index is 1.78. The van der Waals surface area contributed by atoms with Gasteiger partial charge in [-0.2, -0.15) is 0 Å². The van der Waals surface area contributed by atoms with Gasteiger partial charge in [0.15, 0.2) is 9.40 Å². The molecule has 0 bridgehead atoms. The van der Waals surface area contributed by atoms with Crippen molar-refractivity contribution in [1.29, 1.82) is 0 Å². The number of benzene rings is 4. The molecule has 5 rings (SSSR count). The Morgan fingerprint density at radius 2 is 0.885 bits per heavy atom. The molecule has 2 heteroatoms. The van der Waals surface area contributed by atoms with Gasteiger partial charge in [-0.1, -0.05) is 60.7 Å². The lowest BCUT2D eigenvalue weighted by molar-refractivity contribution is 0.602. The van der Waals surface area contributed by atoms with Crippen LogP contribution in [0.1, 0.15) is 0 Å². The van der Waals surface area contributed by atoms with Crippen LogP contribution in [0, 0.1) is 0 Å². The van der Waals surface area contributed by atoms with Crippen LogP contribution in [-0.2, 0) is 0 Å². The molecule has 0 atom stereocenters. The first-order valence-corrected chi connectivity index (χ1v) is 9.77. The molecule has 1 heterocycles. The highest BCUT2D eigenvalue weighted by atomic mass is 32.2. The minimum atomic E-state index is -1.10. The van der Waals surface area contributed by atoms with Gasteiger partial charge < -0.3 is 4.55 Å². The summed E-state index contributed by atoms with van der Waals surface area (Å²) in [4.78, 5) is 0. The van der Waals surface area contributed by atoms with Gasteiger partial charge in [0.05, 0.1) is 0 Å². The molecule has 0 radical (unpaired) electrons. The second kappa shape index (κ2) is 6.10. The van der Waals surface area contributed by atoms with Crippen LogP contribution < -0.4 is 0 Å². The summed E-state index contributed by atoms with van der Waals surface area (Å²) < 4.78 is 14.7. The van der Waals surface area contributed by atoms with Crippen LogP contribution in [0.2, 0.25) is 0 Å². The predicted octanol–water partition coefficient (Wildman–Crippen LogP) is 7.05. The first-order chi connectivity index (χ1) is 12.8. The third-order valence-corrected chi connectivity index (χ3v) is 6.37. The highest BCUT2D eigenvalue weighted by Crippen LogP contribution is 2.43. The van der Waals surface area contributed by atoms with Crippen molar-refractivity contribution in [3.8, 4) is 22.3 Å². The van der Waals surface area contributed by atoms with Crippen LogP contribution >= 0.6 is 10.8 Å². The summed E-state index contributed by atoms with van der Waals surface area (Å²) in [5, 5.41) is 2.16. The average Bonchev–Trinajstić information content (AvgIpc) is 3.01. The molecule has 0 saturated heterocycles. The van der Waals surface area contributed by atoms with Crippen molar-refractivity contribution < 1.29 is 4.55 Å². The van der Waals surface area contributed by atoms with Crippen LogP contribution in [0.5, 0.6) is 0 Å². The molecule has 0 amide bonds. The summed E-state index contributed by atoms with van der Waals surface area (Å²) in [6, 6.07) is 33.1. The molecule has 1 aromatic heterocycles. The third kappa shape index (κ3) is 2.43. The van der Waals surface area contributed by atoms with Gasteiger partial charge in [0.25, 0.3) is 0 Å². The molecule has 0 unspecified atom stereocenters. The zero-order valence-corrected chi connectivity index (χ0v) is 14.9. The van der Waals surface area contributed by atoms with Gasteiger partial charge in [0.1, 0.15) is 0 Å². The Kier molecular flexibility index (Phi) is 3.59. The number of fused-ring (bicyclic) bond motifs is 3. The smallest absolute Gasteiger partial charge is 0.180 e. The van der Waals surface area contributed by atoms with Gasteiger partial charge in [-0.3, -0.25) is 0 Å². The highest BCUT2D eigenvalue weighted by Gasteiger charge is 2.17. The van der Waals surface area contributed by atoms with E-state index in [0.29, 0.717) is 0 Å². The monoisotopic (exact) mass is 352 g/mol. The van der Waals surface area contributed by atoms with E-state index in [-0.39, 0.29) is 0 Å². The van der Waals surface area contributed by atoms with Crippen LogP contribution in [-0.4, -0.2) is 4.55 Å². The Morgan fingerprint density at radius 3 is 1.31 bits per heavy atom. The normalized spacial score (nSPS) is 11.3. The Bertz CT molecular complexity index is 1120. The van der Waals surface area contributed by atoms with Crippen LogP contribution in [0.3, 0.4) is 0 Å². The maximum atomic E-state index is 12.9. The van der Waals surface area contributed by atoms with Gasteiger partial charge in [0, 0.05) is 10.8 Å². The average molecular weight is 352 g/mol. The first kappa shape index (κ1) is 15.3. The summed E-state index contributed by atoms with van der Waals surface area (Å²) in [6.07, 6.45) is 0. The molecule has 0 fully saturated rings. The second-order valence-corrected chi connectivity index (χ2v) is 7.84. The summed E-state index contributed by atoms with van der Waals surface area (Å²) in [7, 11) is -1.10. The van der Waals surface area contributed by atoms with Crippen LogP contribution in [0.15, 0.2) is 97.1 Å². The van der Waals surface area contributed by atoms with Gasteiger partial charge in [0.2, 0.25) is 0 Å². The summed E-state index contributed by atoms with van der Waals surface area (Å²) in [5.74, 6) is 0. The highest BCUT2D eigenvalue weighted by molar-refractivity contribution is 7.37. The Hall–Kier alpha value is -2.94. The standard InChI is InChI=1S/C24H16OS/c25-26-23-13-11-19(17-7-3-1-4-8-17)15-21(23)22-16-20(12-14-24(22)26)18-9-5-2-6-10-18/h1-16H.